The molecule has 0 aliphatic carbocycles. The molecule has 0 amide bonds. The highest BCUT2D eigenvalue weighted by Crippen LogP contribution is 2.41. The number of allylic oxidation sites excluding steroid dienone is 1. The second-order valence-electron chi connectivity index (χ2n) is 7.14. The summed E-state index contributed by atoms with van der Waals surface area (Å²) in [5, 5.41) is 13.4. The molecule has 0 bridgehead atoms. The number of aromatic nitrogens is 1. The summed E-state index contributed by atoms with van der Waals surface area (Å²) in [7, 11) is 0. The zero-order valence-electron chi connectivity index (χ0n) is 16.4. The van der Waals surface area contributed by atoms with Crippen LogP contribution in [0.2, 0.25) is 0 Å². The number of rotatable bonds is 5. The van der Waals surface area contributed by atoms with Crippen molar-refractivity contribution in [3.63, 3.8) is 0 Å². The first-order chi connectivity index (χ1) is 15.2. The second-order valence-corrected chi connectivity index (χ2v) is 9.15. The molecule has 0 radical (unpaired) electrons. The number of fused-ring (bicyclic) bond motifs is 1. The number of benzene rings is 3. The van der Waals surface area contributed by atoms with E-state index < -0.39 is 5.92 Å². The van der Waals surface area contributed by atoms with Crippen LogP contribution in [0.15, 0.2) is 83.2 Å². The Labute approximate surface area is 188 Å². The maximum Gasteiger partial charge on any atom is 0.186 e. The molecule has 1 fully saturated rings. The standard InChI is InChI=1S/C25H18N2O2S2/c26-24-22(25-27-12-13-30-25)23(28)21(31-24)14-16-8-10-19(11-9-16)29-15-18-6-3-5-17-4-1-2-7-20(17)18/h1-14,22,26H,15H2/b21-14-,26-24?/t22-/m0/s1. The molecule has 1 aromatic heterocycles. The highest BCUT2D eigenvalue weighted by atomic mass is 32.2. The first-order valence-corrected chi connectivity index (χ1v) is 11.5. The van der Waals surface area contributed by atoms with Gasteiger partial charge in [-0.15, -0.1) is 11.3 Å². The van der Waals surface area contributed by atoms with Gasteiger partial charge in [-0.1, -0.05) is 66.4 Å². The monoisotopic (exact) mass is 442 g/mol. The van der Waals surface area contributed by atoms with Crippen molar-refractivity contribution in [1.82, 2.24) is 4.98 Å². The first-order valence-electron chi connectivity index (χ1n) is 9.80. The molecule has 0 spiro atoms. The minimum Gasteiger partial charge on any atom is -0.489 e. The number of thiazole rings is 1. The fraction of sp³-hybridized carbons (Fsp3) is 0.0800. The van der Waals surface area contributed by atoms with Gasteiger partial charge in [0.25, 0.3) is 0 Å². The zero-order chi connectivity index (χ0) is 21.2. The molecule has 31 heavy (non-hydrogen) atoms. The number of carbonyl (C=O) groups is 1. The molecule has 4 nitrogen and oxygen atoms in total. The quantitative estimate of drug-likeness (QED) is 0.369. The van der Waals surface area contributed by atoms with E-state index in [1.165, 1.54) is 33.9 Å². The molecule has 1 N–H and O–H groups in total. The summed E-state index contributed by atoms with van der Waals surface area (Å²) in [6.07, 6.45) is 3.51. The first kappa shape index (κ1) is 19.7. The highest BCUT2D eigenvalue weighted by molar-refractivity contribution is 8.19. The number of ether oxygens (including phenoxy) is 1. The average molecular weight is 443 g/mol. The van der Waals surface area contributed by atoms with Crippen molar-refractivity contribution in [3.8, 4) is 5.75 Å². The average Bonchev–Trinajstić information content (AvgIpc) is 3.41. The van der Waals surface area contributed by atoms with E-state index in [0.29, 0.717) is 21.6 Å². The highest BCUT2D eigenvalue weighted by Gasteiger charge is 2.38. The zero-order valence-corrected chi connectivity index (χ0v) is 18.1. The van der Waals surface area contributed by atoms with Crippen molar-refractivity contribution in [3.05, 3.63) is 99.3 Å². The molecular formula is C25H18N2O2S2. The molecule has 6 heteroatoms. The van der Waals surface area contributed by atoms with E-state index in [2.05, 4.69) is 29.2 Å². The van der Waals surface area contributed by atoms with Gasteiger partial charge >= 0.3 is 0 Å². The van der Waals surface area contributed by atoms with Crippen LogP contribution in [0.4, 0.5) is 0 Å². The summed E-state index contributed by atoms with van der Waals surface area (Å²) in [4.78, 5) is 17.6. The number of thioether (sulfide) groups is 1. The van der Waals surface area contributed by atoms with Gasteiger partial charge in [-0.2, -0.15) is 0 Å². The lowest BCUT2D eigenvalue weighted by Gasteiger charge is -2.09. The molecule has 2 heterocycles. The van der Waals surface area contributed by atoms with Crippen LogP contribution in [-0.2, 0) is 11.4 Å². The summed E-state index contributed by atoms with van der Waals surface area (Å²) in [6, 6.07) is 22.2. The minimum absolute atomic E-state index is 0.0544. The fourth-order valence-electron chi connectivity index (χ4n) is 3.58. The van der Waals surface area contributed by atoms with Crippen LogP contribution in [0.1, 0.15) is 22.1 Å². The van der Waals surface area contributed by atoms with E-state index in [0.717, 1.165) is 16.9 Å². The van der Waals surface area contributed by atoms with Gasteiger partial charge in [0.1, 0.15) is 23.3 Å². The SMILES string of the molecule is N=C1S/C(=C\c2ccc(OCc3cccc4ccccc34)cc2)C(=O)[C@@H]1c1nccs1. The van der Waals surface area contributed by atoms with Gasteiger partial charge in [-0.25, -0.2) is 4.98 Å². The largest absolute Gasteiger partial charge is 0.489 e. The van der Waals surface area contributed by atoms with E-state index in [1.807, 2.05) is 53.9 Å². The lowest BCUT2D eigenvalue weighted by atomic mass is 10.0. The third-order valence-electron chi connectivity index (χ3n) is 5.14. The Balaban J connectivity index is 1.29. The molecule has 1 atom stereocenters. The van der Waals surface area contributed by atoms with E-state index in [9.17, 15) is 4.79 Å². The van der Waals surface area contributed by atoms with Crippen LogP contribution in [0.25, 0.3) is 16.8 Å². The summed E-state index contributed by atoms with van der Waals surface area (Å²) < 4.78 is 6.00. The molecule has 4 aromatic rings. The topological polar surface area (TPSA) is 63.0 Å². The maximum absolute atomic E-state index is 12.8. The Kier molecular flexibility index (Phi) is 5.40. The number of ketones is 1. The van der Waals surface area contributed by atoms with Crippen LogP contribution < -0.4 is 4.74 Å². The molecule has 3 aromatic carbocycles. The Hall–Kier alpha value is -3.22. The van der Waals surface area contributed by atoms with Crippen molar-refractivity contribution >= 4 is 50.8 Å². The van der Waals surface area contributed by atoms with E-state index in [1.54, 1.807) is 6.20 Å². The minimum atomic E-state index is -0.556. The second kappa shape index (κ2) is 8.49. The molecule has 0 unspecified atom stereocenters. The van der Waals surface area contributed by atoms with Crippen LogP contribution in [0, 0.1) is 5.41 Å². The van der Waals surface area contributed by atoms with Crippen LogP contribution in [-0.4, -0.2) is 15.8 Å². The van der Waals surface area contributed by atoms with Crippen LogP contribution in [0.5, 0.6) is 5.75 Å². The molecule has 5 rings (SSSR count). The molecule has 0 saturated carbocycles. The predicted octanol–water partition coefficient (Wildman–Crippen LogP) is 6.29. The van der Waals surface area contributed by atoms with Gasteiger partial charge in [0.15, 0.2) is 5.78 Å². The summed E-state index contributed by atoms with van der Waals surface area (Å²) in [5.41, 5.74) is 2.05. The fourth-order valence-corrected chi connectivity index (χ4v) is 5.39. The number of carbonyl (C=O) groups excluding carboxylic acids is 1. The van der Waals surface area contributed by atoms with Gasteiger partial charge in [0, 0.05) is 11.6 Å². The van der Waals surface area contributed by atoms with Crippen molar-refractivity contribution in [1.29, 1.82) is 5.41 Å². The van der Waals surface area contributed by atoms with Gasteiger partial charge in [-0.05, 0) is 40.1 Å². The van der Waals surface area contributed by atoms with Crippen molar-refractivity contribution in [2.24, 2.45) is 0 Å². The van der Waals surface area contributed by atoms with Crippen molar-refractivity contribution in [2.75, 3.05) is 0 Å². The molecular weight excluding hydrogens is 424 g/mol. The lowest BCUT2D eigenvalue weighted by Crippen LogP contribution is -2.11. The Morgan fingerprint density at radius 3 is 2.65 bits per heavy atom. The van der Waals surface area contributed by atoms with Gasteiger partial charge in [0.2, 0.25) is 0 Å². The molecule has 152 valence electrons. The molecule has 1 saturated heterocycles. The smallest absolute Gasteiger partial charge is 0.186 e. The Morgan fingerprint density at radius 1 is 1.03 bits per heavy atom. The van der Waals surface area contributed by atoms with E-state index in [-0.39, 0.29) is 5.78 Å². The number of nitrogens with zero attached hydrogens (tertiary/aromatic N) is 1. The number of Topliss-reactive ketones (excluding diaryl/α,β-unsaturated/α-hetero) is 1. The predicted molar refractivity (Wildman–Crippen MR) is 128 cm³/mol. The Morgan fingerprint density at radius 2 is 1.84 bits per heavy atom. The number of nitrogens with one attached hydrogen (secondary N) is 1. The van der Waals surface area contributed by atoms with Crippen LogP contribution >= 0.6 is 23.1 Å². The third kappa shape index (κ3) is 4.04. The lowest BCUT2D eigenvalue weighted by molar-refractivity contribution is -0.114. The number of hydrogen-bond acceptors (Lipinski definition) is 6. The Bertz CT molecular complexity index is 1290. The molecule has 1 aliphatic rings. The normalized spacial score (nSPS) is 17.5. The van der Waals surface area contributed by atoms with Gasteiger partial charge < -0.3 is 4.74 Å². The summed E-state index contributed by atoms with van der Waals surface area (Å²) >= 11 is 2.63. The van der Waals surface area contributed by atoms with Crippen molar-refractivity contribution < 1.29 is 9.53 Å². The van der Waals surface area contributed by atoms with E-state index in [4.69, 9.17) is 10.1 Å². The summed E-state index contributed by atoms with van der Waals surface area (Å²) in [5.74, 6) is 0.162. The third-order valence-corrected chi connectivity index (χ3v) is 6.97. The van der Waals surface area contributed by atoms with Crippen LogP contribution in [0.3, 0.4) is 0 Å². The maximum atomic E-state index is 12.8. The summed E-state index contributed by atoms with van der Waals surface area (Å²) in [6.45, 7) is 0.489. The van der Waals surface area contributed by atoms with Crippen molar-refractivity contribution in [2.45, 2.75) is 12.5 Å². The van der Waals surface area contributed by atoms with Gasteiger partial charge in [0.05, 0.1) is 9.95 Å². The molecule has 1 aliphatic heterocycles. The van der Waals surface area contributed by atoms with Gasteiger partial charge in [-0.3, -0.25) is 10.2 Å². The van der Waals surface area contributed by atoms with E-state index >= 15 is 0 Å². The number of hydrogen-bond donors (Lipinski definition) is 1.